The van der Waals surface area contributed by atoms with Crippen molar-refractivity contribution in [2.24, 2.45) is 0 Å². The molecule has 0 saturated heterocycles. The number of aliphatic hydroxyl groups excluding tert-OH is 1. The standard InChI is InChI=1S/C10H12N2O/c1-2-8-6-12-9(7-13)4-3-5-10(12)11-8/h3-6,13H,2,7H2,1H3. The van der Waals surface area contributed by atoms with E-state index in [0.717, 1.165) is 23.5 Å². The number of aryl methyl sites for hydroxylation is 1. The van der Waals surface area contributed by atoms with E-state index < -0.39 is 0 Å². The quantitative estimate of drug-likeness (QED) is 0.750. The second-order valence-electron chi connectivity index (χ2n) is 2.99. The fourth-order valence-corrected chi connectivity index (χ4v) is 1.42. The molecule has 0 aliphatic carbocycles. The fraction of sp³-hybridized carbons (Fsp3) is 0.300. The molecule has 13 heavy (non-hydrogen) atoms. The molecule has 1 N–H and O–H groups in total. The summed E-state index contributed by atoms with van der Waals surface area (Å²) in [6.07, 6.45) is 2.90. The first kappa shape index (κ1) is 8.26. The van der Waals surface area contributed by atoms with Crippen molar-refractivity contribution < 1.29 is 5.11 Å². The highest BCUT2D eigenvalue weighted by Gasteiger charge is 2.01. The molecular weight excluding hydrogens is 164 g/mol. The summed E-state index contributed by atoms with van der Waals surface area (Å²) in [7, 11) is 0. The van der Waals surface area contributed by atoms with Crippen molar-refractivity contribution >= 4 is 5.65 Å². The number of imidazole rings is 1. The van der Waals surface area contributed by atoms with Crippen LogP contribution in [0.5, 0.6) is 0 Å². The molecule has 0 unspecified atom stereocenters. The molecule has 0 fully saturated rings. The van der Waals surface area contributed by atoms with Gasteiger partial charge >= 0.3 is 0 Å². The lowest BCUT2D eigenvalue weighted by Crippen LogP contribution is -1.93. The molecule has 3 nitrogen and oxygen atoms in total. The Kier molecular flexibility index (Phi) is 2.02. The minimum atomic E-state index is 0.0524. The largest absolute Gasteiger partial charge is 0.390 e. The van der Waals surface area contributed by atoms with Crippen molar-refractivity contribution in [1.29, 1.82) is 0 Å². The minimum Gasteiger partial charge on any atom is -0.390 e. The zero-order valence-corrected chi connectivity index (χ0v) is 7.57. The molecule has 0 aliphatic rings. The van der Waals surface area contributed by atoms with Crippen LogP contribution in [-0.4, -0.2) is 14.5 Å². The molecule has 0 aromatic carbocycles. The lowest BCUT2D eigenvalue weighted by atomic mass is 10.3. The second kappa shape index (κ2) is 3.18. The third-order valence-corrected chi connectivity index (χ3v) is 2.15. The van der Waals surface area contributed by atoms with E-state index in [2.05, 4.69) is 11.9 Å². The predicted octanol–water partition coefficient (Wildman–Crippen LogP) is 1.39. The third-order valence-electron chi connectivity index (χ3n) is 2.15. The van der Waals surface area contributed by atoms with Crippen LogP contribution in [0.25, 0.3) is 5.65 Å². The van der Waals surface area contributed by atoms with E-state index in [-0.39, 0.29) is 6.61 Å². The number of fused-ring (bicyclic) bond motifs is 1. The number of nitrogens with zero attached hydrogens (tertiary/aromatic N) is 2. The molecule has 0 saturated carbocycles. The summed E-state index contributed by atoms with van der Waals surface area (Å²) in [5.41, 5.74) is 2.84. The normalized spacial score (nSPS) is 10.9. The van der Waals surface area contributed by atoms with Gasteiger partial charge in [-0.2, -0.15) is 0 Å². The minimum absolute atomic E-state index is 0.0524. The molecular formula is C10H12N2O. The van der Waals surface area contributed by atoms with Crippen molar-refractivity contribution in [3.05, 3.63) is 35.8 Å². The van der Waals surface area contributed by atoms with Crippen LogP contribution in [0.1, 0.15) is 18.3 Å². The van der Waals surface area contributed by atoms with Crippen LogP contribution in [0.4, 0.5) is 0 Å². The number of rotatable bonds is 2. The van der Waals surface area contributed by atoms with Gasteiger partial charge in [0.25, 0.3) is 0 Å². The summed E-state index contributed by atoms with van der Waals surface area (Å²) in [5.74, 6) is 0. The van der Waals surface area contributed by atoms with E-state index in [4.69, 9.17) is 5.11 Å². The van der Waals surface area contributed by atoms with Crippen LogP contribution < -0.4 is 0 Å². The van der Waals surface area contributed by atoms with Crippen molar-refractivity contribution in [2.75, 3.05) is 0 Å². The maximum atomic E-state index is 9.07. The highest BCUT2D eigenvalue weighted by atomic mass is 16.3. The molecule has 0 radical (unpaired) electrons. The Labute approximate surface area is 76.7 Å². The van der Waals surface area contributed by atoms with E-state index in [0.29, 0.717) is 0 Å². The Morgan fingerprint density at radius 3 is 3.00 bits per heavy atom. The zero-order valence-electron chi connectivity index (χ0n) is 7.57. The molecule has 68 valence electrons. The van der Waals surface area contributed by atoms with E-state index in [1.807, 2.05) is 28.8 Å². The van der Waals surface area contributed by atoms with Gasteiger partial charge in [-0.05, 0) is 18.6 Å². The summed E-state index contributed by atoms with van der Waals surface area (Å²) in [6.45, 7) is 2.12. The summed E-state index contributed by atoms with van der Waals surface area (Å²) < 4.78 is 1.93. The van der Waals surface area contributed by atoms with Gasteiger partial charge in [-0.15, -0.1) is 0 Å². The molecule has 2 aromatic heterocycles. The molecule has 2 heterocycles. The average Bonchev–Trinajstić information content (AvgIpc) is 2.59. The Morgan fingerprint density at radius 2 is 2.31 bits per heavy atom. The highest BCUT2D eigenvalue weighted by molar-refractivity contribution is 5.41. The van der Waals surface area contributed by atoms with E-state index in [9.17, 15) is 0 Å². The van der Waals surface area contributed by atoms with Crippen molar-refractivity contribution in [1.82, 2.24) is 9.38 Å². The molecule has 0 bridgehead atoms. The summed E-state index contributed by atoms with van der Waals surface area (Å²) >= 11 is 0. The second-order valence-corrected chi connectivity index (χ2v) is 2.99. The topological polar surface area (TPSA) is 37.5 Å². The molecule has 0 aliphatic heterocycles. The van der Waals surface area contributed by atoms with Gasteiger partial charge in [0.2, 0.25) is 0 Å². The van der Waals surface area contributed by atoms with Crippen LogP contribution in [0, 0.1) is 0 Å². The van der Waals surface area contributed by atoms with Crippen LogP contribution in [0.15, 0.2) is 24.4 Å². The van der Waals surface area contributed by atoms with Gasteiger partial charge < -0.3 is 9.51 Å². The fourth-order valence-electron chi connectivity index (χ4n) is 1.42. The SMILES string of the molecule is CCc1cn2c(CO)cccc2n1. The van der Waals surface area contributed by atoms with Crippen molar-refractivity contribution in [3.8, 4) is 0 Å². The number of hydrogen-bond acceptors (Lipinski definition) is 2. The Hall–Kier alpha value is -1.35. The van der Waals surface area contributed by atoms with Gasteiger partial charge in [0.1, 0.15) is 5.65 Å². The van der Waals surface area contributed by atoms with Gasteiger partial charge in [-0.3, -0.25) is 0 Å². The molecule has 0 spiro atoms. The highest BCUT2D eigenvalue weighted by Crippen LogP contribution is 2.09. The predicted molar refractivity (Wildman–Crippen MR) is 50.5 cm³/mol. The van der Waals surface area contributed by atoms with Crippen LogP contribution in [-0.2, 0) is 13.0 Å². The zero-order chi connectivity index (χ0) is 9.26. The Morgan fingerprint density at radius 1 is 1.46 bits per heavy atom. The maximum Gasteiger partial charge on any atom is 0.137 e. The first-order valence-corrected chi connectivity index (χ1v) is 4.42. The van der Waals surface area contributed by atoms with E-state index in [1.54, 1.807) is 0 Å². The lowest BCUT2D eigenvalue weighted by Gasteiger charge is -1.99. The van der Waals surface area contributed by atoms with E-state index >= 15 is 0 Å². The first-order valence-electron chi connectivity index (χ1n) is 4.42. The number of pyridine rings is 1. The molecule has 2 aromatic rings. The van der Waals surface area contributed by atoms with Crippen LogP contribution in [0.3, 0.4) is 0 Å². The van der Waals surface area contributed by atoms with Gasteiger partial charge in [-0.1, -0.05) is 13.0 Å². The first-order chi connectivity index (χ1) is 6.35. The summed E-state index contributed by atoms with van der Waals surface area (Å²) in [4.78, 5) is 4.39. The summed E-state index contributed by atoms with van der Waals surface area (Å²) in [5, 5.41) is 9.07. The molecule has 3 heteroatoms. The molecule has 0 atom stereocenters. The number of hydrogen-bond donors (Lipinski definition) is 1. The number of aromatic nitrogens is 2. The van der Waals surface area contributed by atoms with Gasteiger partial charge in [0.15, 0.2) is 0 Å². The average molecular weight is 176 g/mol. The molecule has 2 rings (SSSR count). The van der Waals surface area contributed by atoms with Gasteiger partial charge in [-0.25, -0.2) is 4.98 Å². The Balaban J connectivity index is 2.67. The lowest BCUT2D eigenvalue weighted by molar-refractivity contribution is 0.275. The van der Waals surface area contributed by atoms with Crippen LogP contribution in [0.2, 0.25) is 0 Å². The Bertz CT molecular complexity index is 420. The smallest absolute Gasteiger partial charge is 0.137 e. The maximum absolute atomic E-state index is 9.07. The van der Waals surface area contributed by atoms with Crippen molar-refractivity contribution in [3.63, 3.8) is 0 Å². The van der Waals surface area contributed by atoms with E-state index in [1.165, 1.54) is 0 Å². The monoisotopic (exact) mass is 176 g/mol. The summed E-state index contributed by atoms with van der Waals surface area (Å²) in [6, 6.07) is 5.75. The van der Waals surface area contributed by atoms with Gasteiger partial charge in [0, 0.05) is 11.9 Å². The van der Waals surface area contributed by atoms with Crippen molar-refractivity contribution in [2.45, 2.75) is 20.0 Å². The van der Waals surface area contributed by atoms with Crippen LogP contribution >= 0.6 is 0 Å². The number of aliphatic hydroxyl groups is 1. The van der Waals surface area contributed by atoms with Gasteiger partial charge in [0.05, 0.1) is 12.3 Å². The molecule has 0 amide bonds. The third kappa shape index (κ3) is 1.31.